The van der Waals surface area contributed by atoms with E-state index in [1.807, 2.05) is 0 Å². The Kier molecular flexibility index (Phi) is 4.79. The van der Waals surface area contributed by atoms with Gasteiger partial charge in [-0.2, -0.15) is 0 Å². The monoisotopic (exact) mass is 247 g/mol. The minimum Gasteiger partial charge on any atom is -0.375 e. The number of ether oxygens (including phenoxy) is 1. The average molecular weight is 247 g/mol. The van der Waals surface area contributed by atoms with Crippen LogP contribution < -0.4 is 5.32 Å². The first-order valence-electron chi connectivity index (χ1n) is 7.07. The van der Waals surface area contributed by atoms with Gasteiger partial charge in [0.1, 0.15) is 0 Å². The molecule has 0 amide bonds. The molecule has 1 fully saturated rings. The molecule has 1 saturated heterocycles. The van der Waals surface area contributed by atoms with Crippen LogP contribution in [0.25, 0.3) is 0 Å². The van der Waals surface area contributed by atoms with Gasteiger partial charge in [-0.25, -0.2) is 0 Å². The predicted octanol–water partition coefficient (Wildman–Crippen LogP) is 3.17. The summed E-state index contributed by atoms with van der Waals surface area (Å²) in [6.45, 7) is 6.37. The van der Waals surface area contributed by atoms with Crippen LogP contribution in [0, 0.1) is 0 Å². The van der Waals surface area contributed by atoms with E-state index < -0.39 is 0 Å². The first-order valence-corrected chi connectivity index (χ1v) is 7.07. The van der Waals surface area contributed by atoms with E-state index >= 15 is 0 Å². The zero-order valence-electron chi connectivity index (χ0n) is 11.6. The summed E-state index contributed by atoms with van der Waals surface area (Å²) in [6, 6.07) is 11.3. The number of benzene rings is 1. The number of nitrogens with one attached hydrogen (secondary N) is 1. The summed E-state index contributed by atoms with van der Waals surface area (Å²) in [6.07, 6.45) is 4.65. The fourth-order valence-corrected chi connectivity index (χ4v) is 2.65. The molecule has 0 bridgehead atoms. The molecule has 1 aliphatic rings. The fourth-order valence-electron chi connectivity index (χ4n) is 2.65. The lowest BCUT2D eigenvalue weighted by Gasteiger charge is -2.36. The molecule has 2 nitrogen and oxygen atoms in total. The lowest BCUT2D eigenvalue weighted by Crippen LogP contribution is -2.44. The molecule has 0 saturated carbocycles. The van der Waals surface area contributed by atoms with Crippen molar-refractivity contribution in [3.8, 4) is 0 Å². The fraction of sp³-hybridized carbons (Fsp3) is 0.625. The van der Waals surface area contributed by atoms with Gasteiger partial charge in [-0.15, -0.1) is 0 Å². The molecule has 0 aromatic heterocycles. The largest absolute Gasteiger partial charge is 0.375 e. The van der Waals surface area contributed by atoms with Crippen LogP contribution in [-0.2, 0) is 11.2 Å². The molecule has 1 atom stereocenters. The highest BCUT2D eigenvalue weighted by Crippen LogP contribution is 2.23. The van der Waals surface area contributed by atoms with Gasteiger partial charge in [-0.05, 0) is 51.6 Å². The van der Waals surface area contributed by atoms with Crippen LogP contribution in [0.5, 0.6) is 0 Å². The number of hydrogen-bond donors (Lipinski definition) is 1. The summed E-state index contributed by atoms with van der Waals surface area (Å²) in [7, 11) is 0. The molecule has 1 aliphatic heterocycles. The van der Waals surface area contributed by atoms with Crippen molar-refractivity contribution in [1.82, 2.24) is 5.32 Å². The van der Waals surface area contributed by atoms with Crippen molar-refractivity contribution in [1.29, 1.82) is 0 Å². The van der Waals surface area contributed by atoms with Crippen LogP contribution in [0.15, 0.2) is 30.3 Å². The van der Waals surface area contributed by atoms with E-state index in [0.29, 0.717) is 6.04 Å². The molecular weight excluding hydrogens is 222 g/mol. The van der Waals surface area contributed by atoms with Gasteiger partial charge in [0.25, 0.3) is 0 Å². The minimum atomic E-state index is 0.0509. The molecule has 0 spiro atoms. The molecule has 1 unspecified atom stereocenters. The highest BCUT2D eigenvalue weighted by Gasteiger charge is 2.28. The Hall–Kier alpha value is -0.860. The number of hydrogen-bond acceptors (Lipinski definition) is 2. The van der Waals surface area contributed by atoms with Gasteiger partial charge < -0.3 is 10.1 Å². The van der Waals surface area contributed by atoms with E-state index in [1.54, 1.807) is 0 Å². The van der Waals surface area contributed by atoms with Crippen LogP contribution in [0.2, 0.25) is 0 Å². The van der Waals surface area contributed by atoms with Crippen molar-refractivity contribution in [3.63, 3.8) is 0 Å². The quantitative estimate of drug-likeness (QED) is 0.807. The van der Waals surface area contributed by atoms with Gasteiger partial charge in [-0.3, -0.25) is 0 Å². The molecule has 100 valence electrons. The zero-order valence-corrected chi connectivity index (χ0v) is 11.6. The zero-order chi connectivity index (χ0) is 12.8. The number of aryl methyl sites for hydroxylation is 1. The molecule has 18 heavy (non-hydrogen) atoms. The number of rotatable bonds is 5. The third kappa shape index (κ3) is 4.43. The third-order valence-electron chi connectivity index (χ3n) is 3.62. The van der Waals surface area contributed by atoms with Gasteiger partial charge in [0.15, 0.2) is 0 Å². The van der Waals surface area contributed by atoms with Crippen molar-refractivity contribution in [2.75, 3.05) is 13.2 Å². The Morgan fingerprint density at radius 2 is 2.06 bits per heavy atom. The van der Waals surface area contributed by atoms with Crippen molar-refractivity contribution in [2.45, 2.75) is 51.2 Å². The van der Waals surface area contributed by atoms with Crippen LogP contribution >= 0.6 is 0 Å². The Morgan fingerprint density at radius 1 is 1.28 bits per heavy atom. The van der Waals surface area contributed by atoms with E-state index in [1.165, 1.54) is 18.4 Å². The topological polar surface area (TPSA) is 21.3 Å². The molecule has 1 aromatic rings. The molecule has 2 rings (SSSR count). The molecule has 2 heteroatoms. The molecule has 1 aromatic carbocycles. The van der Waals surface area contributed by atoms with Crippen molar-refractivity contribution >= 4 is 0 Å². The third-order valence-corrected chi connectivity index (χ3v) is 3.62. The van der Waals surface area contributed by atoms with Crippen molar-refractivity contribution in [2.24, 2.45) is 0 Å². The highest BCUT2D eigenvalue weighted by atomic mass is 16.5. The smallest absolute Gasteiger partial charge is 0.0641 e. The van der Waals surface area contributed by atoms with E-state index in [4.69, 9.17) is 4.74 Å². The van der Waals surface area contributed by atoms with Gasteiger partial charge >= 0.3 is 0 Å². The first-order chi connectivity index (χ1) is 8.66. The second kappa shape index (κ2) is 6.35. The second-order valence-electron chi connectivity index (χ2n) is 5.84. The van der Waals surface area contributed by atoms with Crippen molar-refractivity contribution < 1.29 is 4.74 Å². The molecule has 1 N–H and O–H groups in total. The predicted molar refractivity (Wildman–Crippen MR) is 75.8 cm³/mol. The Bertz CT molecular complexity index is 347. The normalized spacial score (nSPS) is 22.9. The SMILES string of the molecule is CC1(C)CC(NCCCc2ccccc2)CCO1. The summed E-state index contributed by atoms with van der Waals surface area (Å²) in [5.41, 5.74) is 1.49. The Balaban J connectivity index is 1.64. The van der Waals surface area contributed by atoms with Crippen molar-refractivity contribution in [3.05, 3.63) is 35.9 Å². The second-order valence-corrected chi connectivity index (χ2v) is 5.84. The summed E-state index contributed by atoms with van der Waals surface area (Å²) < 4.78 is 5.73. The molecular formula is C16H25NO. The van der Waals surface area contributed by atoms with Crippen LogP contribution in [-0.4, -0.2) is 24.8 Å². The average Bonchev–Trinajstić information content (AvgIpc) is 2.35. The van der Waals surface area contributed by atoms with Gasteiger partial charge in [0.05, 0.1) is 5.60 Å². The van der Waals surface area contributed by atoms with E-state index in [9.17, 15) is 0 Å². The lowest BCUT2D eigenvalue weighted by molar-refractivity contribution is -0.0627. The summed E-state index contributed by atoms with van der Waals surface area (Å²) in [4.78, 5) is 0. The molecule has 0 radical (unpaired) electrons. The molecule has 0 aliphatic carbocycles. The van der Waals surface area contributed by atoms with Crippen LogP contribution in [0.3, 0.4) is 0 Å². The lowest BCUT2D eigenvalue weighted by atomic mass is 9.94. The minimum absolute atomic E-state index is 0.0509. The van der Waals surface area contributed by atoms with E-state index in [2.05, 4.69) is 49.5 Å². The maximum Gasteiger partial charge on any atom is 0.0641 e. The Morgan fingerprint density at radius 3 is 2.78 bits per heavy atom. The van der Waals surface area contributed by atoms with E-state index in [-0.39, 0.29) is 5.60 Å². The maximum absolute atomic E-state index is 5.73. The maximum atomic E-state index is 5.73. The van der Waals surface area contributed by atoms with E-state index in [0.717, 1.165) is 26.0 Å². The summed E-state index contributed by atoms with van der Waals surface area (Å²) in [5.74, 6) is 0. The molecule has 1 heterocycles. The first kappa shape index (κ1) is 13.6. The van der Waals surface area contributed by atoms with Crippen LogP contribution in [0.4, 0.5) is 0 Å². The van der Waals surface area contributed by atoms with Gasteiger partial charge in [0, 0.05) is 12.6 Å². The summed E-state index contributed by atoms with van der Waals surface area (Å²) in [5, 5.41) is 3.67. The highest BCUT2D eigenvalue weighted by molar-refractivity contribution is 5.14. The summed E-state index contributed by atoms with van der Waals surface area (Å²) >= 11 is 0. The van der Waals surface area contributed by atoms with Gasteiger partial charge in [-0.1, -0.05) is 30.3 Å². The van der Waals surface area contributed by atoms with Crippen LogP contribution in [0.1, 0.15) is 38.7 Å². The Labute approximate surface area is 111 Å². The standard InChI is InChI=1S/C16H25NO/c1-16(2)13-15(10-12-18-16)17-11-6-9-14-7-4-3-5-8-14/h3-5,7-8,15,17H,6,9-13H2,1-2H3. The van der Waals surface area contributed by atoms with Gasteiger partial charge in [0.2, 0.25) is 0 Å².